The number of hydrogen-bond donors (Lipinski definition) is 2. The maximum absolute atomic E-state index is 12.1. The minimum Gasteiger partial charge on any atom is -0.469 e. The Labute approximate surface area is 96.4 Å². The van der Waals surface area contributed by atoms with Gasteiger partial charge in [0.25, 0.3) is 0 Å². The monoisotopic (exact) mass is 227 g/mol. The molecule has 1 aliphatic carbocycles. The molecule has 2 aliphatic rings. The summed E-state index contributed by atoms with van der Waals surface area (Å²) in [6.07, 6.45) is 3.64. The van der Waals surface area contributed by atoms with Gasteiger partial charge in [-0.25, -0.2) is 0 Å². The molecule has 0 aromatic heterocycles. The van der Waals surface area contributed by atoms with Crippen molar-refractivity contribution in [1.29, 1.82) is 0 Å². The first-order chi connectivity index (χ1) is 7.54. The average molecular weight is 227 g/mol. The van der Waals surface area contributed by atoms with E-state index in [9.17, 15) is 9.90 Å². The Morgan fingerprint density at radius 2 is 2.19 bits per heavy atom. The Kier molecular flexibility index (Phi) is 2.97. The molecule has 0 radical (unpaired) electrons. The first-order valence-corrected chi connectivity index (χ1v) is 6.06. The van der Waals surface area contributed by atoms with Crippen molar-refractivity contribution < 1.29 is 14.6 Å². The van der Waals surface area contributed by atoms with Crippen molar-refractivity contribution in [3.8, 4) is 0 Å². The van der Waals surface area contributed by atoms with Gasteiger partial charge in [-0.05, 0) is 18.8 Å². The molecule has 2 N–H and O–H groups in total. The molecule has 0 amide bonds. The van der Waals surface area contributed by atoms with E-state index < -0.39 is 11.0 Å². The van der Waals surface area contributed by atoms with Crippen LogP contribution >= 0.6 is 0 Å². The van der Waals surface area contributed by atoms with Gasteiger partial charge in [0, 0.05) is 13.1 Å². The van der Waals surface area contributed by atoms with Gasteiger partial charge in [0.05, 0.1) is 12.5 Å². The van der Waals surface area contributed by atoms with Gasteiger partial charge < -0.3 is 15.2 Å². The van der Waals surface area contributed by atoms with E-state index in [2.05, 4.69) is 12.2 Å². The summed E-state index contributed by atoms with van der Waals surface area (Å²) in [5.74, 6) is 0.250. The second kappa shape index (κ2) is 4.00. The van der Waals surface area contributed by atoms with Gasteiger partial charge in [0.15, 0.2) is 0 Å². The van der Waals surface area contributed by atoms with Crippen molar-refractivity contribution >= 4 is 5.97 Å². The maximum atomic E-state index is 12.1. The van der Waals surface area contributed by atoms with Crippen LogP contribution in [0.2, 0.25) is 0 Å². The van der Waals surface area contributed by atoms with E-state index >= 15 is 0 Å². The molecular weight excluding hydrogens is 206 g/mol. The molecule has 4 nitrogen and oxygen atoms in total. The van der Waals surface area contributed by atoms with Crippen LogP contribution in [0.3, 0.4) is 0 Å². The lowest BCUT2D eigenvalue weighted by molar-refractivity contribution is -0.190. The summed E-state index contributed by atoms with van der Waals surface area (Å²) in [7, 11) is 1.42. The van der Waals surface area contributed by atoms with Crippen molar-refractivity contribution in [2.75, 3.05) is 20.2 Å². The van der Waals surface area contributed by atoms with E-state index in [4.69, 9.17) is 4.74 Å². The molecule has 2 fully saturated rings. The SMILES string of the molecule is COC(=O)C1(C2(O)CNC2)CCCC(C)C1. The second-order valence-electron chi connectivity index (χ2n) is 5.41. The standard InChI is InChI=1S/C12H21NO3/c1-9-4-3-5-11(6-9,10(14)16-2)12(15)7-13-8-12/h9,13,15H,3-8H2,1-2H3. The highest BCUT2D eigenvalue weighted by molar-refractivity contribution is 5.79. The molecular formula is C12H21NO3. The lowest BCUT2D eigenvalue weighted by atomic mass is 9.58. The van der Waals surface area contributed by atoms with Crippen molar-refractivity contribution in [3.05, 3.63) is 0 Å². The molecule has 0 aromatic rings. The predicted molar refractivity (Wildman–Crippen MR) is 59.9 cm³/mol. The number of hydrogen-bond acceptors (Lipinski definition) is 4. The number of methoxy groups -OCH3 is 1. The molecule has 1 saturated heterocycles. The highest BCUT2D eigenvalue weighted by Crippen LogP contribution is 2.49. The number of rotatable bonds is 2. The normalized spacial score (nSPS) is 37.6. The topological polar surface area (TPSA) is 58.6 Å². The number of carbonyl (C=O) groups excluding carboxylic acids is 1. The zero-order chi connectivity index (χ0) is 11.8. The first-order valence-electron chi connectivity index (χ1n) is 6.06. The van der Waals surface area contributed by atoms with Gasteiger partial charge in [-0.3, -0.25) is 4.79 Å². The Morgan fingerprint density at radius 3 is 2.62 bits per heavy atom. The Hall–Kier alpha value is -0.610. The Bertz CT molecular complexity index is 288. The molecule has 0 aromatic carbocycles. The Morgan fingerprint density at radius 1 is 1.50 bits per heavy atom. The van der Waals surface area contributed by atoms with Gasteiger partial charge in [-0.15, -0.1) is 0 Å². The minimum atomic E-state index is -0.894. The van der Waals surface area contributed by atoms with E-state index in [1.165, 1.54) is 7.11 Å². The van der Waals surface area contributed by atoms with Crippen LogP contribution in [0.5, 0.6) is 0 Å². The largest absolute Gasteiger partial charge is 0.469 e. The third-order valence-corrected chi connectivity index (χ3v) is 4.30. The number of aliphatic hydroxyl groups is 1. The van der Waals surface area contributed by atoms with Crippen molar-refractivity contribution in [3.63, 3.8) is 0 Å². The molecule has 1 heterocycles. The third-order valence-electron chi connectivity index (χ3n) is 4.30. The van der Waals surface area contributed by atoms with Crippen LogP contribution in [0.15, 0.2) is 0 Å². The van der Waals surface area contributed by atoms with Gasteiger partial charge in [0.1, 0.15) is 5.60 Å². The maximum Gasteiger partial charge on any atom is 0.314 e. The summed E-state index contributed by atoms with van der Waals surface area (Å²) in [6, 6.07) is 0. The quantitative estimate of drug-likeness (QED) is 0.681. The molecule has 16 heavy (non-hydrogen) atoms. The van der Waals surface area contributed by atoms with E-state index in [-0.39, 0.29) is 5.97 Å². The highest BCUT2D eigenvalue weighted by atomic mass is 16.5. The van der Waals surface area contributed by atoms with Gasteiger partial charge in [-0.1, -0.05) is 19.8 Å². The van der Waals surface area contributed by atoms with E-state index in [1.54, 1.807) is 0 Å². The van der Waals surface area contributed by atoms with Crippen LogP contribution in [0, 0.1) is 11.3 Å². The van der Waals surface area contributed by atoms with Gasteiger partial charge >= 0.3 is 5.97 Å². The number of β-amino-alcohol motifs (C(OH)–C–C–N with tert-alkyl or cyclic N) is 1. The Balaban J connectivity index is 2.28. The molecule has 2 unspecified atom stereocenters. The lowest BCUT2D eigenvalue weighted by Gasteiger charge is -2.53. The van der Waals surface area contributed by atoms with Crippen LogP contribution < -0.4 is 5.32 Å². The minimum absolute atomic E-state index is 0.233. The summed E-state index contributed by atoms with van der Waals surface area (Å²) in [4.78, 5) is 12.1. The second-order valence-corrected chi connectivity index (χ2v) is 5.41. The number of esters is 1. The number of carbonyl (C=O) groups is 1. The average Bonchev–Trinajstić information content (AvgIpc) is 2.24. The smallest absolute Gasteiger partial charge is 0.314 e. The van der Waals surface area contributed by atoms with Crippen LogP contribution in [0.4, 0.5) is 0 Å². The fourth-order valence-electron chi connectivity index (χ4n) is 3.24. The summed E-state index contributed by atoms with van der Waals surface area (Å²) in [5, 5.41) is 13.6. The van der Waals surface area contributed by atoms with E-state index in [0.29, 0.717) is 19.0 Å². The molecule has 1 saturated carbocycles. The fourth-order valence-corrected chi connectivity index (χ4v) is 3.24. The van der Waals surface area contributed by atoms with Crippen LogP contribution in [0.25, 0.3) is 0 Å². The number of ether oxygens (including phenoxy) is 1. The molecule has 2 rings (SSSR count). The molecule has 0 spiro atoms. The summed E-state index contributed by atoms with van der Waals surface area (Å²) >= 11 is 0. The van der Waals surface area contributed by atoms with Crippen LogP contribution in [-0.2, 0) is 9.53 Å². The molecule has 1 aliphatic heterocycles. The molecule has 92 valence electrons. The zero-order valence-corrected chi connectivity index (χ0v) is 10.1. The summed E-state index contributed by atoms with van der Waals surface area (Å²) in [5.41, 5.74) is -1.57. The third kappa shape index (κ3) is 1.55. The predicted octanol–water partition coefficient (Wildman–Crippen LogP) is 0.690. The highest BCUT2D eigenvalue weighted by Gasteiger charge is 2.60. The zero-order valence-electron chi connectivity index (χ0n) is 10.1. The first kappa shape index (κ1) is 11.9. The van der Waals surface area contributed by atoms with Crippen molar-refractivity contribution in [1.82, 2.24) is 5.32 Å². The van der Waals surface area contributed by atoms with Crippen LogP contribution in [-0.4, -0.2) is 36.9 Å². The molecule has 2 atom stereocenters. The van der Waals surface area contributed by atoms with Gasteiger partial charge in [0.2, 0.25) is 0 Å². The van der Waals surface area contributed by atoms with Crippen molar-refractivity contribution in [2.45, 2.75) is 38.2 Å². The molecule has 0 bridgehead atoms. The fraction of sp³-hybridized carbons (Fsp3) is 0.917. The molecule has 4 heteroatoms. The van der Waals surface area contributed by atoms with Gasteiger partial charge in [-0.2, -0.15) is 0 Å². The van der Waals surface area contributed by atoms with Crippen LogP contribution in [0.1, 0.15) is 32.6 Å². The van der Waals surface area contributed by atoms with E-state index in [0.717, 1.165) is 25.7 Å². The van der Waals surface area contributed by atoms with E-state index in [1.807, 2.05) is 0 Å². The lowest BCUT2D eigenvalue weighted by Crippen LogP contribution is -2.71. The summed E-state index contributed by atoms with van der Waals surface area (Å²) in [6.45, 7) is 3.16. The summed E-state index contributed by atoms with van der Waals surface area (Å²) < 4.78 is 4.94. The number of nitrogens with one attached hydrogen (secondary N) is 1. The van der Waals surface area contributed by atoms with Crippen molar-refractivity contribution in [2.24, 2.45) is 11.3 Å².